The highest BCUT2D eigenvalue weighted by molar-refractivity contribution is 9.10. The molecule has 2 rings (SSSR count). The first-order chi connectivity index (χ1) is 9.70. The quantitative estimate of drug-likeness (QED) is 0.630. The van der Waals surface area contributed by atoms with E-state index in [4.69, 9.17) is 5.73 Å². The Bertz CT molecular complexity index is 711. The first-order valence-corrected chi connectivity index (χ1v) is 6.77. The molecule has 110 valence electrons. The molecule has 0 unspecified atom stereocenters. The van der Waals surface area contributed by atoms with Crippen LogP contribution in [-0.2, 0) is 6.18 Å². The normalized spacial score (nSPS) is 11.5. The standard InChI is InChI=1S/C15H11BrF3NO/c1-8-6-10(15(17,18)19)3-4-11(8)14(21)9-2-5-13(20)12(16)7-9/h2-7H,20H2,1H3. The van der Waals surface area contributed by atoms with Gasteiger partial charge < -0.3 is 5.73 Å². The van der Waals surface area contributed by atoms with Crippen LogP contribution in [0.25, 0.3) is 0 Å². The third-order valence-electron chi connectivity index (χ3n) is 3.06. The number of halogens is 4. The molecule has 0 fully saturated rings. The Morgan fingerprint density at radius 1 is 1.14 bits per heavy atom. The highest BCUT2D eigenvalue weighted by Crippen LogP contribution is 2.31. The summed E-state index contributed by atoms with van der Waals surface area (Å²) < 4.78 is 38.4. The van der Waals surface area contributed by atoms with E-state index in [1.54, 1.807) is 18.2 Å². The van der Waals surface area contributed by atoms with Crippen LogP contribution in [0, 0.1) is 6.92 Å². The maximum atomic E-state index is 12.6. The third kappa shape index (κ3) is 3.26. The molecule has 21 heavy (non-hydrogen) atoms. The van der Waals surface area contributed by atoms with Gasteiger partial charge >= 0.3 is 6.18 Å². The van der Waals surface area contributed by atoms with Crippen LogP contribution < -0.4 is 5.73 Å². The van der Waals surface area contributed by atoms with E-state index in [9.17, 15) is 18.0 Å². The molecule has 2 nitrogen and oxygen atoms in total. The van der Waals surface area contributed by atoms with Gasteiger partial charge in [0.2, 0.25) is 0 Å². The summed E-state index contributed by atoms with van der Waals surface area (Å²) in [5.74, 6) is -0.345. The number of hydrogen-bond acceptors (Lipinski definition) is 2. The molecule has 0 radical (unpaired) electrons. The van der Waals surface area contributed by atoms with Gasteiger partial charge in [0.05, 0.1) is 5.56 Å². The highest BCUT2D eigenvalue weighted by Gasteiger charge is 2.31. The van der Waals surface area contributed by atoms with Crippen molar-refractivity contribution in [1.29, 1.82) is 0 Å². The molecule has 0 saturated heterocycles. The number of rotatable bonds is 2. The second-order valence-corrected chi connectivity index (χ2v) is 5.45. The van der Waals surface area contributed by atoms with Crippen molar-refractivity contribution >= 4 is 27.4 Å². The second kappa shape index (κ2) is 5.52. The first kappa shape index (κ1) is 15.6. The Hall–Kier alpha value is -1.82. The molecule has 0 aliphatic carbocycles. The minimum absolute atomic E-state index is 0.236. The van der Waals surface area contributed by atoms with E-state index in [0.29, 0.717) is 15.7 Å². The number of carbonyl (C=O) groups is 1. The number of ketones is 1. The average Bonchev–Trinajstić information content (AvgIpc) is 2.40. The van der Waals surface area contributed by atoms with E-state index in [1.807, 2.05) is 0 Å². The number of nitrogen functional groups attached to an aromatic ring is 1. The van der Waals surface area contributed by atoms with Gasteiger partial charge in [0, 0.05) is 21.3 Å². The van der Waals surface area contributed by atoms with Gasteiger partial charge in [0.15, 0.2) is 5.78 Å². The average molecular weight is 358 g/mol. The predicted octanol–water partition coefficient (Wildman–Crippen LogP) is 4.59. The summed E-state index contributed by atoms with van der Waals surface area (Å²) in [4.78, 5) is 12.3. The van der Waals surface area contributed by atoms with Gasteiger partial charge in [0.25, 0.3) is 0 Å². The summed E-state index contributed by atoms with van der Waals surface area (Å²) in [6.07, 6.45) is -4.42. The summed E-state index contributed by atoms with van der Waals surface area (Å²) in [5, 5.41) is 0. The molecule has 0 aromatic heterocycles. The zero-order chi connectivity index (χ0) is 15.8. The number of hydrogen-bond donors (Lipinski definition) is 1. The van der Waals surface area contributed by atoms with Crippen molar-refractivity contribution in [1.82, 2.24) is 0 Å². The Labute approximate surface area is 127 Å². The summed E-state index contributed by atoms with van der Waals surface area (Å²) in [5.41, 5.74) is 6.23. The fourth-order valence-corrected chi connectivity index (χ4v) is 2.30. The van der Waals surface area contributed by atoms with E-state index < -0.39 is 11.7 Å². The number of benzene rings is 2. The lowest BCUT2D eigenvalue weighted by atomic mass is 9.97. The van der Waals surface area contributed by atoms with Crippen LogP contribution in [0.4, 0.5) is 18.9 Å². The van der Waals surface area contributed by atoms with Crippen molar-refractivity contribution in [2.75, 3.05) is 5.73 Å². The molecule has 0 amide bonds. The van der Waals surface area contributed by atoms with Gasteiger partial charge in [-0.3, -0.25) is 4.79 Å². The van der Waals surface area contributed by atoms with Gasteiger partial charge in [-0.2, -0.15) is 13.2 Å². The molecule has 2 aromatic rings. The topological polar surface area (TPSA) is 43.1 Å². The van der Waals surface area contributed by atoms with Crippen LogP contribution >= 0.6 is 15.9 Å². The number of nitrogens with two attached hydrogens (primary N) is 1. The summed E-state index contributed by atoms with van der Waals surface area (Å²) in [6, 6.07) is 7.74. The Balaban J connectivity index is 2.42. The number of aryl methyl sites for hydroxylation is 1. The first-order valence-electron chi connectivity index (χ1n) is 5.97. The molecular formula is C15H11BrF3NO. The molecule has 0 spiro atoms. The smallest absolute Gasteiger partial charge is 0.398 e. The molecule has 0 saturated carbocycles. The van der Waals surface area contributed by atoms with Crippen molar-refractivity contribution in [3.05, 3.63) is 63.1 Å². The van der Waals surface area contributed by atoms with E-state index in [2.05, 4.69) is 15.9 Å². The molecule has 0 atom stereocenters. The second-order valence-electron chi connectivity index (χ2n) is 4.59. The Morgan fingerprint density at radius 2 is 1.81 bits per heavy atom. The highest BCUT2D eigenvalue weighted by atomic mass is 79.9. The SMILES string of the molecule is Cc1cc(C(F)(F)F)ccc1C(=O)c1ccc(N)c(Br)c1. The van der Waals surface area contributed by atoms with Crippen molar-refractivity contribution in [3.63, 3.8) is 0 Å². The Morgan fingerprint density at radius 3 is 2.33 bits per heavy atom. The molecule has 0 aliphatic heterocycles. The Kier molecular flexibility index (Phi) is 4.09. The van der Waals surface area contributed by atoms with Crippen LogP contribution in [0.3, 0.4) is 0 Å². The summed E-state index contributed by atoms with van der Waals surface area (Å²) in [6.45, 7) is 1.48. The maximum Gasteiger partial charge on any atom is 0.416 e. The third-order valence-corrected chi connectivity index (χ3v) is 3.75. The molecular weight excluding hydrogens is 347 g/mol. The zero-order valence-corrected chi connectivity index (χ0v) is 12.5. The minimum Gasteiger partial charge on any atom is -0.398 e. The molecule has 0 bridgehead atoms. The van der Waals surface area contributed by atoms with Crippen LogP contribution in [0.5, 0.6) is 0 Å². The fourth-order valence-electron chi connectivity index (χ4n) is 1.92. The van der Waals surface area contributed by atoms with Crippen molar-refractivity contribution in [2.24, 2.45) is 0 Å². The fraction of sp³-hybridized carbons (Fsp3) is 0.133. The van der Waals surface area contributed by atoms with E-state index in [1.165, 1.54) is 13.0 Å². The lowest BCUT2D eigenvalue weighted by Gasteiger charge is -2.11. The van der Waals surface area contributed by atoms with Gasteiger partial charge in [-0.05, 0) is 58.7 Å². The van der Waals surface area contributed by atoms with Crippen molar-refractivity contribution in [2.45, 2.75) is 13.1 Å². The van der Waals surface area contributed by atoms with Crippen LogP contribution in [0.1, 0.15) is 27.0 Å². The number of anilines is 1. The van der Waals surface area contributed by atoms with Gasteiger partial charge in [-0.25, -0.2) is 0 Å². The minimum atomic E-state index is -4.42. The molecule has 0 heterocycles. The molecule has 0 aliphatic rings. The number of carbonyl (C=O) groups excluding carboxylic acids is 1. The van der Waals surface area contributed by atoms with Gasteiger partial charge in [-0.15, -0.1) is 0 Å². The molecule has 2 aromatic carbocycles. The monoisotopic (exact) mass is 357 g/mol. The van der Waals surface area contributed by atoms with Crippen molar-refractivity contribution in [3.8, 4) is 0 Å². The van der Waals surface area contributed by atoms with E-state index >= 15 is 0 Å². The maximum absolute atomic E-state index is 12.6. The van der Waals surface area contributed by atoms with Crippen molar-refractivity contribution < 1.29 is 18.0 Å². The summed E-state index contributed by atoms with van der Waals surface area (Å²) in [7, 11) is 0. The molecule has 2 N–H and O–H groups in total. The van der Waals surface area contributed by atoms with Crippen LogP contribution in [0.15, 0.2) is 40.9 Å². The largest absolute Gasteiger partial charge is 0.416 e. The van der Waals surface area contributed by atoms with E-state index in [0.717, 1.165) is 12.1 Å². The molecule has 6 heteroatoms. The zero-order valence-electron chi connectivity index (χ0n) is 11.0. The predicted molar refractivity (Wildman–Crippen MR) is 78.2 cm³/mol. The van der Waals surface area contributed by atoms with Gasteiger partial charge in [-0.1, -0.05) is 6.07 Å². The lowest BCUT2D eigenvalue weighted by molar-refractivity contribution is -0.137. The van der Waals surface area contributed by atoms with E-state index in [-0.39, 0.29) is 16.9 Å². The lowest BCUT2D eigenvalue weighted by Crippen LogP contribution is -2.09. The number of alkyl halides is 3. The summed E-state index contributed by atoms with van der Waals surface area (Å²) >= 11 is 3.22. The van der Waals surface area contributed by atoms with Crippen LogP contribution in [-0.4, -0.2) is 5.78 Å². The van der Waals surface area contributed by atoms with Gasteiger partial charge in [0.1, 0.15) is 0 Å². The van der Waals surface area contributed by atoms with Crippen LogP contribution in [0.2, 0.25) is 0 Å².